The quantitative estimate of drug-likeness (QED) is 0.739. The molecule has 0 aliphatic carbocycles. The normalized spacial score (nSPS) is 10.7. The first-order valence-corrected chi connectivity index (χ1v) is 4.16. The fraction of sp³-hybridized carbons (Fsp3) is 0.250. The summed E-state index contributed by atoms with van der Waals surface area (Å²) in [7, 11) is 0. The Balaban J connectivity index is 2.32. The van der Waals surface area contributed by atoms with Crippen molar-refractivity contribution >= 4 is 11.6 Å². The van der Waals surface area contributed by atoms with Crippen molar-refractivity contribution in [3.63, 3.8) is 0 Å². The monoisotopic (exact) mass is 196 g/mol. The molecule has 74 valence electrons. The Kier molecular flexibility index (Phi) is 2.28. The number of anilines is 1. The van der Waals surface area contributed by atoms with Gasteiger partial charge in [-0.1, -0.05) is 0 Å². The molecule has 2 aromatic rings. The van der Waals surface area contributed by atoms with E-state index in [1.54, 1.807) is 0 Å². The van der Waals surface area contributed by atoms with Crippen LogP contribution in [0.1, 0.15) is 0 Å². The topological polar surface area (TPSA) is 62.5 Å². The molecular weight excluding hydrogens is 187 g/mol. The van der Waals surface area contributed by atoms with E-state index in [0.717, 1.165) is 0 Å². The fourth-order valence-electron chi connectivity index (χ4n) is 1.10. The number of nitrogens with one attached hydrogen (secondary N) is 1. The maximum atomic E-state index is 12.7. The van der Waals surface area contributed by atoms with E-state index in [4.69, 9.17) is 5.11 Å². The van der Waals surface area contributed by atoms with Crippen molar-refractivity contribution in [2.24, 2.45) is 0 Å². The molecular formula is C8H9FN4O. The van der Waals surface area contributed by atoms with Gasteiger partial charge in [0.25, 0.3) is 0 Å². The first kappa shape index (κ1) is 8.89. The zero-order valence-electron chi connectivity index (χ0n) is 7.31. The predicted molar refractivity (Wildman–Crippen MR) is 48.5 cm³/mol. The van der Waals surface area contributed by atoms with Gasteiger partial charge in [-0.25, -0.2) is 8.91 Å². The second-order valence-electron chi connectivity index (χ2n) is 2.74. The predicted octanol–water partition coefficient (Wildman–Crippen LogP) is 0.273. The summed E-state index contributed by atoms with van der Waals surface area (Å²) in [4.78, 5) is 4.05. The van der Waals surface area contributed by atoms with Crippen LogP contribution in [0.15, 0.2) is 18.3 Å². The van der Waals surface area contributed by atoms with Crippen LogP contribution < -0.4 is 5.32 Å². The Morgan fingerprint density at radius 3 is 3.14 bits per heavy atom. The van der Waals surface area contributed by atoms with Crippen LogP contribution in [0.25, 0.3) is 5.65 Å². The number of hydrogen-bond donors (Lipinski definition) is 2. The second-order valence-corrected chi connectivity index (χ2v) is 2.74. The maximum Gasteiger partial charge on any atom is 0.243 e. The van der Waals surface area contributed by atoms with Crippen LogP contribution in [0.2, 0.25) is 0 Å². The van der Waals surface area contributed by atoms with Gasteiger partial charge in [0.15, 0.2) is 5.65 Å². The highest BCUT2D eigenvalue weighted by atomic mass is 19.1. The first-order valence-electron chi connectivity index (χ1n) is 4.16. The van der Waals surface area contributed by atoms with Crippen LogP contribution in [0.4, 0.5) is 10.3 Å². The summed E-state index contributed by atoms with van der Waals surface area (Å²) in [6.07, 6.45) is 1.24. The van der Waals surface area contributed by atoms with Crippen molar-refractivity contribution < 1.29 is 9.50 Å². The molecule has 0 aromatic carbocycles. The largest absolute Gasteiger partial charge is 0.395 e. The lowest BCUT2D eigenvalue weighted by Crippen LogP contribution is -2.06. The summed E-state index contributed by atoms with van der Waals surface area (Å²) >= 11 is 0. The average molecular weight is 196 g/mol. The summed E-state index contributed by atoms with van der Waals surface area (Å²) < 4.78 is 14.1. The molecule has 0 fully saturated rings. The number of aliphatic hydroxyl groups is 1. The summed E-state index contributed by atoms with van der Waals surface area (Å²) in [5.41, 5.74) is 0.562. The highest BCUT2D eigenvalue weighted by Crippen LogP contribution is 2.05. The van der Waals surface area contributed by atoms with E-state index >= 15 is 0 Å². The number of pyridine rings is 1. The molecule has 0 unspecified atom stereocenters. The van der Waals surface area contributed by atoms with Crippen LogP contribution >= 0.6 is 0 Å². The van der Waals surface area contributed by atoms with E-state index in [1.807, 2.05) is 0 Å². The molecule has 0 aliphatic rings. The Labute approximate surface area is 79.2 Å². The fourth-order valence-corrected chi connectivity index (χ4v) is 1.10. The molecule has 0 saturated heterocycles. The third-order valence-electron chi connectivity index (χ3n) is 1.69. The standard InChI is InChI=1S/C8H9FN4O/c9-6-1-2-7-11-8(10-3-4-14)12-13(7)5-6/h1-2,5,14H,3-4H2,(H,10,12). The minimum atomic E-state index is -0.365. The zero-order chi connectivity index (χ0) is 9.97. The van der Waals surface area contributed by atoms with Gasteiger partial charge in [-0.3, -0.25) is 0 Å². The number of nitrogens with zero attached hydrogens (tertiary/aromatic N) is 3. The molecule has 0 aliphatic heterocycles. The Hall–Kier alpha value is -1.69. The molecule has 0 radical (unpaired) electrons. The smallest absolute Gasteiger partial charge is 0.243 e. The zero-order valence-corrected chi connectivity index (χ0v) is 7.31. The van der Waals surface area contributed by atoms with Crippen LogP contribution in [-0.4, -0.2) is 32.9 Å². The van der Waals surface area contributed by atoms with Crippen LogP contribution in [0, 0.1) is 5.82 Å². The van der Waals surface area contributed by atoms with E-state index in [1.165, 1.54) is 22.8 Å². The van der Waals surface area contributed by atoms with Crippen LogP contribution in [0.3, 0.4) is 0 Å². The number of rotatable bonds is 3. The van der Waals surface area contributed by atoms with Crippen LogP contribution in [-0.2, 0) is 0 Å². The molecule has 0 saturated carbocycles. The van der Waals surface area contributed by atoms with Gasteiger partial charge in [0.2, 0.25) is 5.95 Å². The second kappa shape index (κ2) is 3.59. The minimum absolute atomic E-state index is 0.00388. The Morgan fingerprint density at radius 2 is 2.36 bits per heavy atom. The molecule has 6 heteroatoms. The third-order valence-corrected chi connectivity index (χ3v) is 1.69. The van der Waals surface area contributed by atoms with E-state index in [2.05, 4.69) is 15.4 Å². The van der Waals surface area contributed by atoms with E-state index in [0.29, 0.717) is 18.1 Å². The number of halogens is 1. The van der Waals surface area contributed by atoms with Gasteiger partial charge in [0, 0.05) is 6.54 Å². The van der Waals surface area contributed by atoms with Gasteiger partial charge in [-0.15, -0.1) is 5.10 Å². The SMILES string of the molecule is OCCNc1nc2ccc(F)cn2n1. The highest BCUT2D eigenvalue weighted by molar-refractivity contribution is 5.42. The summed E-state index contributed by atoms with van der Waals surface area (Å²) in [6.45, 7) is 0.378. The lowest BCUT2D eigenvalue weighted by atomic mass is 10.5. The summed E-state index contributed by atoms with van der Waals surface area (Å²) in [6, 6.07) is 2.85. The van der Waals surface area contributed by atoms with Crippen molar-refractivity contribution in [2.75, 3.05) is 18.5 Å². The van der Waals surface area contributed by atoms with Gasteiger partial charge in [-0.05, 0) is 12.1 Å². The number of fused-ring (bicyclic) bond motifs is 1. The molecule has 0 bridgehead atoms. The van der Waals surface area contributed by atoms with Crippen molar-refractivity contribution in [3.8, 4) is 0 Å². The summed E-state index contributed by atoms with van der Waals surface area (Å²) in [5.74, 6) is 0.0146. The molecule has 0 spiro atoms. The lowest BCUT2D eigenvalue weighted by Gasteiger charge is -1.94. The number of aromatic nitrogens is 3. The van der Waals surface area contributed by atoms with Gasteiger partial charge in [-0.2, -0.15) is 4.98 Å². The molecule has 0 amide bonds. The molecule has 2 heterocycles. The van der Waals surface area contributed by atoms with Crippen molar-refractivity contribution in [2.45, 2.75) is 0 Å². The number of hydrogen-bond acceptors (Lipinski definition) is 4. The highest BCUT2D eigenvalue weighted by Gasteiger charge is 2.02. The van der Waals surface area contributed by atoms with Crippen molar-refractivity contribution in [3.05, 3.63) is 24.1 Å². The molecule has 5 nitrogen and oxygen atoms in total. The van der Waals surface area contributed by atoms with Gasteiger partial charge in [0.1, 0.15) is 5.82 Å². The van der Waals surface area contributed by atoms with Gasteiger partial charge in [0.05, 0.1) is 12.8 Å². The van der Waals surface area contributed by atoms with Crippen molar-refractivity contribution in [1.82, 2.24) is 14.6 Å². The summed E-state index contributed by atoms with van der Waals surface area (Å²) in [5, 5.41) is 15.3. The van der Waals surface area contributed by atoms with E-state index in [-0.39, 0.29) is 12.4 Å². The molecule has 2 aromatic heterocycles. The van der Waals surface area contributed by atoms with Crippen molar-refractivity contribution in [1.29, 1.82) is 0 Å². The van der Waals surface area contributed by atoms with Gasteiger partial charge < -0.3 is 10.4 Å². The molecule has 14 heavy (non-hydrogen) atoms. The van der Waals surface area contributed by atoms with E-state index in [9.17, 15) is 4.39 Å². The molecule has 0 atom stereocenters. The maximum absolute atomic E-state index is 12.7. The van der Waals surface area contributed by atoms with Crippen LogP contribution in [0.5, 0.6) is 0 Å². The van der Waals surface area contributed by atoms with E-state index < -0.39 is 0 Å². The lowest BCUT2D eigenvalue weighted by molar-refractivity contribution is 0.311. The third kappa shape index (κ3) is 1.64. The molecule has 2 rings (SSSR count). The Morgan fingerprint density at radius 1 is 1.50 bits per heavy atom. The van der Waals surface area contributed by atoms with Gasteiger partial charge >= 0.3 is 0 Å². The minimum Gasteiger partial charge on any atom is -0.395 e. The number of aliphatic hydroxyl groups excluding tert-OH is 1. The first-order chi connectivity index (χ1) is 6.79. The molecule has 2 N–H and O–H groups in total. The average Bonchev–Trinajstić information content (AvgIpc) is 2.56. The Bertz CT molecular complexity index is 442.